The second kappa shape index (κ2) is 2.49. The van der Waals surface area contributed by atoms with Crippen LogP contribution in [0.3, 0.4) is 0 Å². The maximum Gasteiger partial charge on any atom is 0.190 e. The maximum atomic E-state index is 11.4. The van der Waals surface area contributed by atoms with Crippen LogP contribution in [0.15, 0.2) is 0 Å². The van der Waals surface area contributed by atoms with Gasteiger partial charge in [-0.15, -0.1) is 0 Å². The molecule has 0 radical (unpaired) electrons. The Labute approximate surface area is 49.4 Å². The molecule has 0 spiro atoms. The highest BCUT2D eigenvalue weighted by molar-refractivity contribution is 4.60. The number of nitrogens with zero attached hydrogens (tertiary/aromatic N) is 2. The molecule has 0 N–H and O–H groups in total. The molecule has 0 saturated heterocycles. The lowest BCUT2D eigenvalue weighted by atomic mass is 10.3. The van der Waals surface area contributed by atoms with Crippen LogP contribution in [0, 0.1) is 0 Å². The summed E-state index contributed by atoms with van der Waals surface area (Å²) in [5, 5.41) is -3.12. The first kappa shape index (κ1) is 8.64. The Bertz CT molecular complexity index is 81.8. The minimum atomic E-state index is -2.50. The third-order valence-electron chi connectivity index (χ3n) is 0.827. The van der Waals surface area contributed by atoms with Crippen LogP contribution in [0.4, 0.5) is 17.9 Å². The van der Waals surface area contributed by atoms with Crippen molar-refractivity contribution in [3.8, 4) is 0 Å². The highest BCUT2D eigenvalue weighted by Crippen LogP contribution is 2.21. The van der Waals surface area contributed by atoms with Gasteiger partial charge in [0.25, 0.3) is 0 Å². The Morgan fingerprint density at radius 2 is 1.11 bits per heavy atom. The normalized spacial score (nSPS) is 13.3. The van der Waals surface area contributed by atoms with E-state index in [-0.39, 0.29) is 0 Å². The summed E-state index contributed by atoms with van der Waals surface area (Å²) in [6.45, 7) is 1.38. The van der Waals surface area contributed by atoms with Crippen molar-refractivity contribution in [3.63, 3.8) is 0 Å². The maximum absolute atomic E-state index is 11.4. The molecule has 0 aromatic carbocycles. The molecule has 0 saturated carbocycles. The van der Waals surface area contributed by atoms with Crippen LogP contribution in [0.25, 0.3) is 0 Å². The lowest BCUT2D eigenvalue weighted by Gasteiger charge is -2.22. The first-order valence-electron chi connectivity index (χ1n) is 2.12. The number of halogens is 4. The number of rotatable bonds is 2. The summed E-state index contributed by atoms with van der Waals surface area (Å²) in [5.41, 5.74) is -2.50. The summed E-state index contributed by atoms with van der Waals surface area (Å²) in [5.74, 6) is 0. The van der Waals surface area contributed by atoms with E-state index in [1.54, 1.807) is 0 Å². The minimum absolute atomic E-state index is 0.688. The van der Waals surface area contributed by atoms with Gasteiger partial charge in [0.05, 0.1) is 0 Å². The third kappa shape index (κ3) is 1.79. The summed E-state index contributed by atoms with van der Waals surface area (Å²) in [6.07, 6.45) is 0. The molecule has 0 aliphatic rings. The van der Waals surface area contributed by atoms with E-state index in [4.69, 9.17) is 0 Å². The zero-order chi connectivity index (χ0) is 7.65. The van der Waals surface area contributed by atoms with Gasteiger partial charge in [-0.2, -0.15) is 0 Å². The Morgan fingerprint density at radius 3 is 1.11 bits per heavy atom. The molecule has 2 nitrogen and oxygen atoms in total. The Hall–Kier alpha value is -0.360. The van der Waals surface area contributed by atoms with Gasteiger partial charge in [-0.1, -0.05) is 17.9 Å². The summed E-state index contributed by atoms with van der Waals surface area (Å²) in [6, 6.07) is 0. The smallest absolute Gasteiger partial charge is 0.0994 e. The molecule has 0 fully saturated rings. The summed E-state index contributed by atoms with van der Waals surface area (Å²) < 4.78 is 45.5. The van der Waals surface area contributed by atoms with Crippen molar-refractivity contribution >= 4 is 0 Å². The van der Waals surface area contributed by atoms with E-state index in [0.717, 1.165) is 0 Å². The molecule has 0 rings (SSSR count). The topological polar surface area (TPSA) is 6.48 Å². The van der Waals surface area contributed by atoms with E-state index in [1.165, 1.54) is 0 Å². The standard InChI is InChI=1S/C3H6F4N2/c1-3(2,8(4)5)9(6)7/h1-2H3. The zero-order valence-corrected chi connectivity index (χ0v) is 4.91. The molecule has 6 heteroatoms. The zero-order valence-electron chi connectivity index (χ0n) is 4.91. The lowest BCUT2D eigenvalue weighted by Crippen LogP contribution is -2.42. The fourth-order valence-electron chi connectivity index (χ4n) is 0.0571. The van der Waals surface area contributed by atoms with Gasteiger partial charge >= 0.3 is 0 Å². The molecule has 9 heavy (non-hydrogen) atoms. The molecular formula is C3H6F4N2. The van der Waals surface area contributed by atoms with Crippen LogP contribution in [-0.4, -0.2) is 16.4 Å². The van der Waals surface area contributed by atoms with Crippen LogP contribution >= 0.6 is 0 Å². The average Bonchev–Trinajstić information content (AvgIpc) is 1.65. The van der Waals surface area contributed by atoms with Crippen molar-refractivity contribution in [2.45, 2.75) is 19.5 Å². The molecule has 0 unspecified atom stereocenters. The van der Waals surface area contributed by atoms with Crippen LogP contribution in [-0.2, 0) is 0 Å². The van der Waals surface area contributed by atoms with Gasteiger partial charge in [-0.25, -0.2) is 0 Å². The molecule has 0 heterocycles. The third-order valence-corrected chi connectivity index (χ3v) is 0.827. The summed E-state index contributed by atoms with van der Waals surface area (Å²) in [4.78, 5) is 0. The van der Waals surface area contributed by atoms with Crippen molar-refractivity contribution in [2.24, 2.45) is 0 Å². The van der Waals surface area contributed by atoms with Crippen molar-refractivity contribution in [1.82, 2.24) is 10.7 Å². The van der Waals surface area contributed by atoms with Gasteiger partial charge < -0.3 is 0 Å². The van der Waals surface area contributed by atoms with E-state index < -0.39 is 16.4 Å². The SMILES string of the molecule is CC(C)(N(F)F)N(F)F. The summed E-state index contributed by atoms with van der Waals surface area (Å²) >= 11 is 0. The molecule has 0 aliphatic carbocycles. The largest absolute Gasteiger partial charge is 0.190 e. The predicted octanol–water partition coefficient (Wildman–Crippen LogP) is 1.86. The van der Waals surface area contributed by atoms with Gasteiger partial charge in [0.15, 0.2) is 5.66 Å². The van der Waals surface area contributed by atoms with E-state index in [1.807, 2.05) is 0 Å². The van der Waals surface area contributed by atoms with Gasteiger partial charge in [0.1, 0.15) is 0 Å². The van der Waals surface area contributed by atoms with Crippen LogP contribution in [0.5, 0.6) is 0 Å². The van der Waals surface area contributed by atoms with Crippen molar-refractivity contribution in [3.05, 3.63) is 0 Å². The van der Waals surface area contributed by atoms with Crippen molar-refractivity contribution in [2.75, 3.05) is 0 Å². The van der Waals surface area contributed by atoms with Gasteiger partial charge in [0.2, 0.25) is 0 Å². The average molecular weight is 146 g/mol. The molecule has 0 atom stereocenters. The fraction of sp³-hybridized carbons (Fsp3) is 1.00. The van der Waals surface area contributed by atoms with Gasteiger partial charge in [-0.05, 0) is 13.8 Å². The molecule has 56 valence electrons. The van der Waals surface area contributed by atoms with Crippen molar-refractivity contribution < 1.29 is 17.9 Å². The lowest BCUT2D eigenvalue weighted by molar-refractivity contribution is -0.358. The highest BCUT2D eigenvalue weighted by atomic mass is 19.4. The summed E-state index contributed by atoms with van der Waals surface area (Å²) in [7, 11) is 0. The fourth-order valence-corrected chi connectivity index (χ4v) is 0.0571. The van der Waals surface area contributed by atoms with Crippen LogP contribution in [0.1, 0.15) is 13.8 Å². The molecule has 0 aromatic heterocycles. The molecule has 0 aromatic rings. The quantitative estimate of drug-likeness (QED) is 0.333. The Morgan fingerprint density at radius 1 is 0.889 bits per heavy atom. The second-order valence-electron chi connectivity index (χ2n) is 1.96. The first-order chi connectivity index (χ1) is 3.89. The van der Waals surface area contributed by atoms with E-state index in [9.17, 15) is 17.9 Å². The number of hydrogen-bond acceptors (Lipinski definition) is 2. The van der Waals surface area contributed by atoms with Gasteiger partial charge in [0, 0.05) is 10.7 Å². The Balaban J connectivity index is 4.01. The predicted molar refractivity (Wildman–Crippen MR) is 22.2 cm³/mol. The Kier molecular flexibility index (Phi) is 2.39. The second-order valence-corrected chi connectivity index (χ2v) is 1.96. The molecular weight excluding hydrogens is 140 g/mol. The molecule has 0 bridgehead atoms. The van der Waals surface area contributed by atoms with Crippen molar-refractivity contribution in [1.29, 1.82) is 0 Å². The van der Waals surface area contributed by atoms with E-state index in [0.29, 0.717) is 13.8 Å². The monoisotopic (exact) mass is 146 g/mol. The van der Waals surface area contributed by atoms with E-state index >= 15 is 0 Å². The van der Waals surface area contributed by atoms with Crippen LogP contribution in [0.2, 0.25) is 0 Å². The highest BCUT2D eigenvalue weighted by Gasteiger charge is 2.36. The molecule has 0 amide bonds. The first-order valence-corrected chi connectivity index (χ1v) is 2.12. The van der Waals surface area contributed by atoms with Gasteiger partial charge in [-0.3, -0.25) is 0 Å². The van der Waals surface area contributed by atoms with Crippen LogP contribution < -0.4 is 0 Å². The number of hydrogen-bond donors (Lipinski definition) is 0. The minimum Gasteiger partial charge on any atom is -0.0994 e. The molecule has 0 aliphatic heterocycles. The van der Waals surface area contributed by atoms with E-state index in [2.05, 4.69) is 0 Å².